The molecule has 3 nitrogen and oxygen atoms in total. The Balaban J connectivity index is 1.62. The van der Waals surface area contributed by atoms with Crippen LogP contribution in [0.1, 0.15) is 52.4 Å². The predicted octanol–water partition coefficient (Wildman–Crippen LogP) is 3.84. The van der Waals surface area contributed by atoms with Gasteiger partial charge in [0.2, 0.25) is 0 Å². The maximum Gasteiger partial charge on any atom is 0.302 e. The highest BCUT2D eigenvalue weighted by Gasteiger charge is 2.56. The fraction of sp³-hybridized carbons (Fsp3) is 0.700. The zero-order valence-electron chi connectivity index (χ0n) is 14.1. The Hall–Kier alpha value is -1.38. The molecule has 0 aliphatic heterocycles. The van der Waals surface area contributed by atoms with Gasteiger partial charge in [0.25, 0.3) is 0 Å². The van der Waals surface area contributed by atoms with Crippen molar-refractivity contribution in [2.75, 3.05) is 0 Å². The van der Waals surface area contributed by atoms with Gasteiger partial charge in [0.05, 0.1) is 0 Å². The maximum atomic E-state index is 11.7. The molecule has 0 aromatic heterocycles. The molecule has 2 fully saturated rings. The molecule has 0 unspecified atom stereocenters. The minimum Gasteiger partial charge on any atom is -0.462 e. The predicted molar refractivity (Wildman–Crippen MR) is 87.6 cm³/mol. The van der Waals surface area contributed by atoms with E-state index in [1.807, 2.05) is 6.08 Å². The van der Waals surface area contributed by atoms with Crippen molar-refractivity contribution < 1.29 is 14.3 Å². The molecule has 23 heavy (non-hydrogen) atoms. The highest BCUT2D eigenvalue weighted by atomic mass is 16.5. The normalized spacial score (nSPS) is 44.9. The van der Waals surface area contributed by atoms with Gasteiger partial charge >= 0.3 is 5.97 Å². The molecule has 4 aliphatic rings. The summed E-state index contributed by atoms with van der Waals surface area (Å²) < 4.78 is 5.67. The number of esters is 1. The first-order chi connectivity index (χ1) is 11.0. The number of ketones is 1. The Kier molecular flexibility index (Phi) is 3.51. The van der Waals surface area contributed by atoms with E-state index in [-0.39, 0.29) is 23.3 Å². The zero-order valence-corrected chi connectivity index (χ0v) is 14.1. The molecule has 124 valence electrons. The largest absolute Gasteiger partial charge is 0.462 e. The summed E-state index contributed by atoms with van der Waals surface area (Å²) in [5.41, 5.74) is 1.39. The number of hydrogen-bond donors (Lipinski definition) is 0. The van der Waals surface area contributed by atoms with E-state index in [1.54, 1.807) is 0 Å². The fourth-order valence-corrected chi connectivity index (χ4v) is 6.00. The summed E-state index contributed by atoms with van der Waals surface area (Å²) in [7, 11) is 0. The SMILES string of the molecule is CC(=O)O[C@@H]1CC[C@@H]2[C@@H]3C=CC4=CC(=O)CC[C@@H]4[C@H]3CC[C@@]21C. The van der Waals surface area contributed by atoms with E-state index in [1.165, 1.54) is 18.9 Å². The van der Waals surface area contributed by atoms with E-state index in [4.69, 9.17) is 4.74 Å². The summed E-state index contributed by atoms with van der Waals surface area (Å²) in [6, 6.07) is 0. The number of ether oxygens (including phenoxy) is 1. The van der Waals surface area contributed by atoms with Crippen LogP contribution in [0.15, 0.2) is 23.8 Å². The number of rotatable bonds is 1. The number of hydrogen-bond acceptors (Lipinski definition) is 3. The van der Waals surface area contributed by atoms with Crippen molar-refractivity contribution in [2.45, 2.75) is 58.5 Å². The quantitative estimate of drug-likeness (QED) is 0.691. The van der Waals surface area contributed by atoms with Gasteiger partial charge in [-0.2, -0.15) is 0 Å². The smallest absolute Gasteiger partial charge is 0.302 e. The third-order valence-corrected chi connectivity index (χ3v) is 7.09. The molecule has 0 bridgehead atoms. The molecule has 2 saturated carbocycles. The minimum absolute atomic E-state index is 0.0872. The van der Waals surface area contributed by atoms with Crippen molar-refractivity contribution in [2.24, 2.45) is 29.1 Å². The molecule has 0 N–H and O–H groups in total. The molecule has 0 heterocycles. The van der Waals surface area contributed by atoms with Crippen LogP contribution in [0.5, 0.6) is 0 Å². The van der Waals surface area contributed by atoms with Crippen molar-refractivity contribution in [3.8, 4) is 0 Å². The molecule has 4 rings (SSSR count). The van der Waals surface area contributed by atoms with Gasteiger partial charge in [-0.05, 0) is 67.4 Å². The van der Waals surface area contributed by atoms with Crippen molar-refractivity contribution in [1.82, 2.24) is 0 Å². The van der Waals surface area contributed by atoms with E-state index >= 15 is 0 Å². The lowest BCUT2D eigenvalue weighted by Gasteiger charge is -2.51. The van der Waals surface area contributed by atoms with Gasteiger partial charge in [0.1, 0.15) is 6.10 Å². The summed E-state index contributed by atoms with van der Waals surface area (Å²) in [6.07, 6.45) is 12.8. The fourth-order valence-electron chi connectivity index (χ4n) is 6.00. The summed E-state index contributed by atoms with van der Waals surface area (Å²) in [5, 5.41) is 0. The molecule has 0 saturated heterocycles. The number of fused-ring (bicyclic) bond motifs is 5. The number of carbonyl (C=O) groups excluding carboxylic acids is 2. The van der Waals surface area contributed by atoms with Crippen LogP contribution < -0.4 is 0 Å². The Bertz CT molecular complexity index is 602. The monoisotopic (exact) mass is 314 g/mol. The molecular formula is C20H26O3. The highest BCUT2D eigenvalue weighted by molar-refractivity contribution is 5.91. The molecule has 0 aromatic rings. The summed E-state index contributed by atoms with van der Waals surface area (Å²) in [5.74, 6) is 2.59. The van der Waals surface area contributed by atoms with Crippen LogP contribution in [0.25, 0.3) is 0 Å². The molecule has 0 aromatic carbocycles. The molecule has 3 heteroatoms. The van der Waals surface area contributed by atoms with Gasteiger partial charge < -0.3 is 4.74 Å². The van der Waals surface area contributed by atoms with E-state index in [2.05, 4.69) is 19.1 Å². The van der Waals surface area contributed by atoms with Crippen LogP contribution in [0.3, 0.4) is 0 Å². The lowest BCUT2D eigenvalue weighted by atomic mass is 9.54. The lowest BCUT2D eigenvalue weighted by Crippen LogP contribution is -2.47. The summed E-state index contributed by atoms with van der Waals surface area (Å²) >= 11 is 0. The highest BCUT2D eigenvalue weighted by Crippen LogP contribution is 2.60. The van der Waals surface area contributed by atoms with Crippen LogP contribution in [-0.2, 0) is 14.3 Å². The van der Waals surface area contributed by atoms with Crippen LogP contribution in [0.4, 0.5) is 0 Å². The molecule has 6 atom stereocenters. The third kappa shape index (κ3) is 2.31. The van der Waals surface area contributed by atoms with Gasteiger partial charge in [-0.15, -0.1) is 0 Å². The third-order valence-electron chi connectivity index (χ3n) is 7.09. The topological polar surface area (TPSA) is 43.4 Å². The Morgan fingerprint density at radius 2 is 2.09 bits per heavy atom. The molecule has 0 radical (unpaired) electrons. The molecule has 0 amide bonds. The van der Waals surface area contributed by atoms with Crippen molar-refractivity contribution in [1.29, 1.82) is 0 Å². The van der Waals surface area contributed by atoms with Gasteiger partial charge in [-0.1, -0.05) is 19.1 Å². The summed E-state index contributed by atoms with van der Waals surface area (Å²) in [6.45, 7) is 3.86. The second-order valence-electron chi connectivity index (χ2n) is 8.18. The van der Waals surface area contributed by atoms with Crippen molar-refractivity contribution in [3.05, 3.63) is 23.8 Å². The van der Waals surface area contributed by atoms with E-state index in [9.17, 15) is 9.59 Å². The Morgan fingerprint density at radius 1 is 1.26 bits per heavy atom. The number of allylic oxidation sites excluding steroid dienone is 4. The first-order valence-electron chi connectivity index (χ1n) is 9.09. The Morgan fingerprint density at radius 3 is 2.87 bits per heavy atom. The average Bonchev–Trinajstić information content (AvgIpc) is 2.83. The lowest BCUT2D eigenvalue weighted by molar-refractivity contribution is -0.155. The molecular weight excluding hydrogens is 288 g/mol. The minimum atomic E-state index is -0.144. The first kappa shape index (κ1) is 15.2. The van der Waals surface area contributed by atoms with Crippen LogP contribution >= 0.6 is 0 Å². The van der Waals surface area contributed by atoms with Crippen molar-refractivity contribution in [3.63, 3.8) is 0 Å². The van der Waals surface area contributed by atoms with Crippen LogP contribution in [0, 0.1) is 29.1 Å². The summed E-state index contributed by atoms with van der Waals surface area (Å²) in [4.78, 5) is 23.1. The standard InChI is InChI=1S/C20H26O3/c1-12(21)23-19-8-7-18-17-5-3-13-11-14(22)4-6-15(13)16(17)9-10-20(18,19)2/h3,5,11,15-19H,4,6-10H2,1-2H3/t15-,16+,17+,18+,19+,20-/m0/s1. The van der Waals surface area contributed by atoms with Gasteiger partial charge in [0, 0.05) is 18.8 Å². The second-order valence-corrected chi connectivity index (χ2v) is 8.18. The average molecular weight is 314 g/mol. The van der Waals surface area contributed by atoms with E-state index in [0.717, 1.165) is 25.7 Å². The second kappa shape index (κ2) is 5.32. The van der Waals surface area contributed by atoms with Gasteiger partial charge in [-0.3, -0.25) is 9.59 Å². The van der Waals surface area contributed by atoms with Crippen LogP contribution in [-0.4, -0.2) is 17.9 Å². The van der Waals surface area contributed by atoms with Gasteiger partial charge in [0.15, 0.2) is 5.78 Å². The van der Waals surface area contributed by atoms with Crippen LogP contribution in [0.2, 0.25) is 0 Å². The van der Waals surface area contributed by atoms with E-state index in [0.29, 0.717) is 30.1 Å². The molecule has 0 spiro atoms. The Labute approximate surface area is 138 Å². The van der Waals surface area contributed by atoms with Gasteiger partial charge in [-0.25, -0.2) is 0 Å². The number of carbonyl (C=O) groups is 2. The molecule has 4 aliphatic carbocycles. The first-order valence-corrected chi connectivity index (χ1v) is 9.09. The van der Waals surface area contributed by atoms with Crippen molar-refractivity contribution >= 4 is 11.8 Å². The zero-order chi connectivity index (χ0) is 16.2. The maximum absolute atomic E-state index is 11.7. The van der Waals surface area contributed by atoms with E-state index < -0.39 is 0 Å².